The van der Waals surface area contributed by atoms with Crippen LogP contribution in [0.15, 0.2) is 76.2 Å². The van der Waals surface area contributed by atoms with Crippen molar-refractivity contribution in [3.05, 3.63) is 100 Å². The molecule has 0 saturated carbocycles. The second-order valence-electron chi connectivity index (χ2n) is 8.69. The molecule has 2 aromatic heterocycles. The van der Waals surface area contributed by atoms with Crippen molar-refractivity contribution in [3.63, 3.8) is 0 Å². The maximum atomic E-state index is 13.2. The SMILES string of the molecule is Cc1cc(C)c(C(=O)CSc2nnc(CSc3nc4ccccc4s3)n2Cc2ccccc2)c(C)c1. The zero-order valence-electron chi connectivity index (χ0n) is 20.4. The van der Waals surface area contributed by atoms with Gasteiger partial charge in [0.05, 0.1) is 28.3 Å². The van der Waals surface area contributed by atoms with E-state index in [-0.39, 0.29) is 5.78 Å². The number of hydrogen-bond acceptors (Lipinski definition) is 7. The van der Waals surface area contributed by atoms with Gasteiger partial charge < -0.3 is 4.57 Å². The lowest BCUT2D eigenvalue weighted by Crippen LogP contribution is -2.10. The zero-order chi connectivity index (χ0) is 25.1. The van der Waals surface area contributed by atoms with E-state index in [9.17, 15) is 4.79 Å². The number of fused-ring (bicyclic) bond motifs is 1. The smallest absolute Gasteiger partial charge is 0.191 e. The number of ketones is 1. The van der Waals surface area contributed by atoms with E-state index in [0.717, 1.165) is 37.5 Å². The largest absolute Gasteiger partial charge is 0.301 e. The number of benzene rings is 3. The Morgan fingerprint density at radius 3 is 2.39 bits per heavy atom. The molecule has 0 aliphatic heterocycles. The number of thioether (sulfide) groups is 2. The molecule has 5 nitrogen and oxygen atoms in total. The Balaban J connectivity index is 1.36. The summed E-state index contributed by atoms with van der Waals surface area (Å²) in [5.74, 6) is 1.97. The number of aryl methyl sites for hydroxylation is 3. The van der Waals surface area contributed by atoms with Crippen LogP contribution in [-0.2, 0) is 12.3 Å². The summed E-state index contributed by atoms with van der Waals surface area (Å²) in [7, 11) is 0. The van der Waals surface area contributed by atoms with Gasteiger partial charge >= 0.3 is 0 Å². The Bertz CT molecular complexity index is 1470. The molecule has 5 aromatic rings. The van der Waals surface area contributed by atoms with Gasteiger partial charge in [-0.2, -0.15) is 0 Å². The molecule has 0 radical (unpaired) electrons. The molecule has 0 aliphatic carbocycles. The van der Waals surface area contributed by atoms with Gasteiger partial charge in [-0.3, -0.25) is 4.79 Å². The first kappa shape index (κ1) is 24.7. The second-order valence-corrected chi connectivity index (χ2v) is 11.9. The Hall–Kier alpha value is -2.94. The van der Waals surface area contributed by atoms with Gasteiger partial charge in [0.15, 0.2) is 15.3 Å². The third-order valence-electron chi connectivity index (χ3n) is 5.86. The highest BCUT2D eigenvalue weighted by atomic mass is 32.2. The Kier molecular flexibility index (Phi) is 7.55. The van der Waals surface area contributed by atoms with Gasteiger partial charge in [-0.15, -0.1) is 21.5 Å². The van der Waals surface area contributed by atoms with E-state index in [1.807, 2.05) is 50.2 Å². The first-order valence-corrected chi connectivity index (χ1v) is 14.4. The number of thiazole rings is 1. The van der Waals surface area contributed by atoms with Crippen LogP contribution in [0.5, 0.6) is 0 Å². The van der Waals surface area contributed by atoms with Gasteiger partial charge in [0.1, 0.15) is 5.82 Å². The summed E-state index contributed by atoms with van der Waals surface area (Å²) in [5.41, 5.74) is 6.23. The monoisotopic (exact) mass is 530 g/mol. The number of para-hydroxylation sites is 1. The van der Waals surface area contributed by atoms with Crippen molar-refractivity contribution in [1.29, 1.82) is 0 Å². The lowest BCUT2D eigenvalue weighted by Gasteiger charge is -2.12. The maximum absolute atomic E-state index is 13.2. The van der Waals surface area contributed by atoms with E-state index in [0.29, 0.717) is 18.1 Å². The van der Waals surface area contributed by atoms with Crippen molar-refractivity contribution < 1.29 is 4.79 Å². The van der Waals surface area contributed by atoms with Gasteiger partial charge in [-0.05, 0) is 49.6 Å². The van der Waals surface area contributed by atoms with Gasteiger partial charge in [-0.1, -0.05) is 83.7 Å². The topological polar surface area (TPSA) is 60.7 Å². The third-order valence-corrected chi connectivity index (χ3v) is 9.01. The highest BCUT2D eigenvalue weighted by Crippen LogP contribution is 2.32. The van der Waals surface area contributed by atoms with E-state index in [1.54, 1.807) is 23.1 Å². The van der Waals surface area contributed by atoms with Crippen LogP contribution >= 0.6 is 34.9 Å². The number of hydrogen-bond donors (Lipinski definition) is 0. The lowest BCUT2D eigenvalue weighted by atomic mass is 9.97. The molecule has 0 spiro atoms. The fourth-order valence-corrected chi connectivity index (χ4v) is 7.16. The first-order chi connectivity index (χ1) is 17.5. The van der Waals surface area contributed by atoms with Crippen LogP contribution in [0.1, 0.15) is 38.4 Å². The number of carbonyl (C=O) groups excluding carboxylic acids is 1. The van der Waals surface area contributed by atoms with Crippen LogP contribution in [0.3, 0.4) is 0 Å². The predicted molar refractivity (Wildman–Crippen MR) is 150 cm³/mol. The van der Waals surface area contributed by atoms with E-state index in [1.165, 1.54) is 27.6 Å². The molecule has 8 heteroatoms. The standard InChI is InChI=1S/C28H26N4OS3/c1-18-13-19(2)26(20(3)14-18)23(33)16-34-27-31-30-25(32(27)15-21-9-5-4-6-10-21)17-35-28-29-22-11-7-8-12-24(22)36-28/h4-14H,15-17H2,1-3H3. The van der Waals surface area contributed by atoms with Crippen LogP contribution in [-0.4, -0.2) is 31.3 Å². The molecular formula is C28H26N4OS3. The molecule has 0 aliphatic rings. The summed E-state index contributed by atoms with van der Waals surface area (Å²) in [6.07, 6.45) is 0. The van der Waals surface area contributed by atoms with Crippen molar-refractivity contribution in [3.8, 4) is 0 Å². The summed E-state index contributed by atoms with van der Waals surface area (Å²) in [6, 6.07) is 22.6. The molecule has 0 amide bonds. The van der Waals surface area contributed by atoms with Crippen LogP contribution < -0.4 is 0 Å². The number of rotatable bonds is 9. The highest BCUT2D eigenvalue weighted by molar-refractivity contribution is 8.00. The Morgan fingerprint density at radius 2 is 1.64 bits per heavy atom. The molecule has 5 rings (SSSR count). The fourth-order valence-electron chi connectivity index (χ4n) is 4.32. The normalized spacial score (nSPS) is 11.3. The molecular weight excluding hydrogens is 505 g/mol. The summed E-state index contributed by atoms with van der Waals surface area (Å²) in [4.78, 5) is 17.9. The van der Waals surface area contributed by atoms with Crippen molar-refractivity contribution >= 4 is 50.9 Å². The maximum Gasteiger partial charge on any atom is 0.191 e. The lowest BCUT2D eigenvalue weighted by molar-refractivity contribution is 0.102. The average Bonchev–Trinajstić information content (AvgIpc) is 3.44. The Labute approximate surface area is 223 Å². The Morgan fingerprint density at radius 1 is 0.917 bits per heavy atom. The average molecular weight is 531 g/mol. The van der Waals surface area contributed by atoms with Crippen LogP contribution in [0, 0.1) is 20.8 Å². The number of nitrogens with zero attached hydrogens (tertiary/aromatic N) is 4. The number of carbonyl (C=O) groups is 1. The quantitative estimate of drug-likeness (QED) is 0.149. The van der Waals surface area contributed by atoms with Gasteiger partial charge in [0.25, 0.3) is 0 Å². The van der Waals surface area contributed by atoms with E-state index in [2.05, 4.69) is 52.0 Å². The summed E-state index contributed by atoms with van der Waals surface area (Å²) < 4.78 is 4.32. The van der Waals surface area contributed by atoms with Gasteiger partial charge in [0, 0.05) is 5.56 Å². The van der Waals surface area contributed by atoms with Crippen molar-refractivity contribution in [2.75, 3.05) is 5.75 Å². The van der Waals surface area contributed by atoms with E-state index in [4.69, 9.17) is 4.98 Å². The first-order valence-electron chi connectivity index (χ1n) is 11.7. The summed E-state index contributed by atoms with van der Waals surface area (Å²) in [5, 5.41) is 9.76. The molecule has 0 fully saturated rings. The molecule has 2 heterocycles. The molecule has 0 bridgehead atoms. The van der Waals surface area contributed by atoms with Crippen LogP contribution in [0.25, 0.3) is 10.2 Å². The molecule has 3 aromatic carbocycles. The van der Waals surface area contributed by atoms with Gasteiger partial charge in [-0.25, -0.2) is 4.98 Å². The number of Topliss-reactive ketones (excluding diaryl/α,β-unsaturated/α-hetero) is 1. The highest BCUT2D eigenvalue weighted by Gasteiger charge is 2.18. The number of aromatic nitrogens is 4. The van der Waals surface area contributed by atoms with E-state index >= 15 is 0 Å². The minimum absolute atomic E-state index is 0.120. The van der Waals surface area contributed by atoms with Crippen molar-refractivity contribution in [1.82, 2.24) is 19.7 Å². The van der Waals surface area contributed by atoms with Crippen LogP contribution in [0.4, 0.5) is 0 Å². The van der Waals surface area contributed by atoms with Crippen molar-refractivity contribution in [2.24, 2.45) is 0 Å². The minimum Gasteiger partial charge on any atom is -0.301 e. The van der Waals surface area contributed by atoms with E-state index < -0.39 is 0 Å². The van der Waals surface area contributed by atoms with Gasteiger partial charge in [0.2, 0.25) is 0 Å². The molecule has 0 saturated heterocycles. The molecule has 0 unspecified atom stereocenters. The summed E-state index contributed by atoms with van der Waals surface area (Å²) >= 11 is 4.82. The summed E-state index contributed by atoms with van der Waals surface area (Å²) in [6.45, 7) is 6.73. The zero-order valence-corrected chi connectivity index (χ0v) is 22.8. The molecule has 182 valence electrons. The van der Waals surface area contributed by atoms with Crippen molar-refractivity contribution in [2.45, 2.75) is 42.6 Å². The third kappa shape index (κ3) is 5.56. The molecule has 0 N–H and O–H groups in total. The predicted octanol–water partition coefficient (Wildman–Crippen LogP) is 7.13. The molecule has 0 atom stereocenters. The second kappa shape index (κ2) is 11.0. The van der Waals surface area contributed by atoms with Crippen LogP contribution in [0.2, 0.25) is 0 Å². The molecule has 36 heavy (non-hydrogen) atoms. The fraction of sp³-hybridized carbons (Fsp3) is 0.214. The minimum atomic E-state index is 0.120.